The van der Waals surface area contributed by atoms with E-state index < -0.39 is 23.5 Å². The standard InChI is InChI=1S/C27H30N8O4S/c1-4-35(25(28)39)26-33-20-10-16(17-12-29-23(15(2)36)30-13-17)9-18(22(20)40-26)19-11-21(32-14-31-19)34-7-5-27(3,6-8-34)24(37)38/h9-15,36H,4-8H2,1-3H3,(H2,28,39)(H,37,38). The number of nitrogens with two attached hydrogens (primary N) is 1. The summed E-state index contributed by atoms with van der Waals surface area (Å²) in [5.41, 5.74) is 8.46. The van der Waals surface area contributed by atoms with Gasteiger partial charge in [0.1, 0.15) is 18.2 Å². The van der Waals surface area contributed by atoms with Crippen LogP contribution in [0.3, 0.4) is 0 Å². The van der Waals surface area contributed by atoms with Crippen molar-refractivity contribution < 1.29 is 19.8 Å². The van der Waals surface area contributed by atoms with Crippen LogP contribution in [0.5, 0.6) is 0 Å². The highest BCUT2D eigenvalue weighted by molar-refractivity contribution is 7.23. The molecule has 1 aromatic carbocycles. The third-order valence-corrected chi connectivity index (χ3v) is 8.43. The Kier molecular flexibility index (Phi) is 7.34. The molecule has 12 nitrogen and oxygen atoms in total. The van der Waals surface area contributed by atoms with Crippen molar-refractivity contribution >= 4 is 44.5 Å². The summed E-state index contributed by atoms with van der Waals surface area (Å²) >= 11 is 1.34. The number of urea groups is 1. The third-order valence-electron chi connectivity index (χ3n) is 7.31. The first-order valence-corrected chi connectivity index (χ1v) is 13.7. The number of amides is 2. The summed E-state index contributed by atoms with van der Waals surface area (Å²) < 4.78 is 0.821. The van der Waals surface area contributed by atoms with Crippen LogP contribution in [0.2, 0.25) is 0 Å². The molecule has 3 aromatic heterocycles. The SMILES string of the molecule is CCN(C(N)=O)c1nc2cc(-c3cnc(C(C)O)nc3)cc(-c3cc(N4CCC(C)(C(=O)O)CC4)ncn3)c2s1. The molecule has 1 aliphatic heterocycles. The zero-order valence-electron chi connectivity index (χ0n) is 22.4. The number of aliphatic hydroxyl groups is 1. The van der Waals surface area contributed by atoms with E-state index in [0.29, 0.717) is 60.5 Å². The second-order valence-electron chi connectivity index (χ2n) is 10.1. The molecule has 2 amide bonds. The average Bonchev–Trinajstić information content (AvgIpc) is 3.36. The van der Waals surface area contributed by atoms with E-state index in [4.69, 9.17) is 10.7 Å². The fraction of sp³-hybridized carbons (Fsp3) is 0.370. The lowest BCUT2D eigenvalue weighted by atomic mass is 9.80. The first-order valence-electron chi connectivity index (χ1n) is 12.9. The number of thiazole rings is 1. The van der Waals surface area contributed by atoms with Gasteiger partial charge in [-0.25, -0.2) is 29.7 Å². The zero-order valence-corrected chi connectivity index (χ0v) is 23.2. The zero-order chi connectivity index (χ0) is 28.6. The molecule has 0 bridgehead atoms. The Morgan fingerprint density at radius 3 is 2.42 bits per heavy atom. The minimum Gasteiger partial charge on any atom is -0.481 e. The Morgan fingerprint density at radius 2 is 1.82 bits per heavy atom. The molecule has 40 heavy (non-hydrogen) atoms. The van der Waals surface area contributed by atoms with Crippen LogP contribution in [0, 0.1) is 5.41 Å². The van der Waals surface area contributed by atoms with Crippen LogP contribution in [0.4, 0.5) is 15.7 Å². The van der Waals surface area contributed by atoms with Crippen molar-refractivity contribution in [3.63, 3.8) is 0 Å². The lowest BCUT2D eigenvalue weighted by Crippen LogP contribution is -2.43. The van der Waals surface area contributed by atoms with Crippen molar-refractivity contribution in [2.75, 3.05) is 29.4 Å². The number of carboxylic acids is 1. The highest BCUT2D eigenvalue weighted by atomic mass is 32.1. The number of hydrogen-bond acceptors (Lipinski definition) is 10. The van der Waals surface area contributed by atoms with Gasteiger partial charge in [-0.2, -0.15) is 0 Å². The van der Waals surface area contributed by atoms with E-state index in [-0.39, 0.29) is 0 Å². The number of carbonyl (C=O) groups excluding carboxylic acids is 1. The molecule has 0 aliphatic carbocycles. The number of carboxylic acid groups (broad SMARTS) is 1. The molecule has 1 atom stereocenters. The van der Waals surface area contributed by atoms with Gasteiger partial charge in [-0.1, -0.05) is 11.3 Å². The van der Waals surface area contributed by atoms with E-state index in [1.54, 1.807) is 26.2 Å². The molecule has 0 radical (unpaired) electrons. The number of aliphatic carboxylic acids is 1. The highest BCUT2D eigenvalue weighted by Gasteiger charge is 2.37. The van der Waals surface area contributed by atoms with Gasteiger partial charge in [-0.15, -0.1) is 0 Å². The van der Waals surface area contributed by atoms with Crippen LogP contribution in [-0.4, -0.2) is 66.8 Å². The monoisotopic (exact) mass is 562 g/mol. The molecule has 5 rings (SSSR count). The van der Waals surface area contributed by atoms with Crippen LogP contribution in [0.1, 0.15) is 45.5 Å². The van der Waals surface area contributed by atoms with Crippen LogP contribution in [-0.2, 0) is 4.79 Å². The Hall–Kier alpha value is -4.23. The van der Waals surface area contributed by atoms with Crippen molar-refractivity contribution in [3.8, 4) is 22.4 Å². The second-order valence-corrected chi connectivity index (χ2v) is 11.0. The Bertz CT molecular complexity index is 1560. The van der Waals surface area contributed by atoms with Crippen molar-refractivity contribution in [2.45, 2.75) is 39.7 Å². The molecule has 1 unspecified atom stereocenters. The number of hydrogen-bond donors (Lipinski definition) is 3. The van der Waals surface area contributed by atoms with Gasteiger partial charge < -0.3 is 20.8 Å². The minimum atomic E-state index is -0.787. The first-order chi connectivity index (χ1) is 19.1. The highest BCUT2D eigenvalue weighted by Crippen LogP contribution is 2.40. The normalized spacial score (nSPS) is 15.7. The number of piperidine rings is 1. The number of aromatic nitrogens is 5. The van der Waals surface area contributed by atoms with E-state index in [0.717, 1.165) is 21.4 Å². The number of aliphatic hydroxyl groups excluding tert-OH is 1. The molecule has 1 fully saturated rings. The molecular weight excluding hydrogens is 532 g/mol. The number of nitrogens with zero attached hydrogens (tertiary/aromatic N) is 7. The summed E-state index contributed by atoms with van der Waals surface area (Å²) in [5, 5.41) is 19.9. The number of anilines is 2. The fourth-order valence-corrected chi connectivity index (χ4v) is 5.83. The second kappa shape index (κ2) is 10.7. The van der Waals surface area contributed by atoms with Crippen LogP contribution in [0.15, 0.2) is 36.9 Å². The van der Waals surface area contributed by atoms with E-state index >= 15 is 0 Å². The number of carbonyl (C=O) groups is 2. The number of fused-ring (bicyclic) bond motifs is 1. The minimum absolute atomic E-state index is 0.321. The van der Waals surface area contributed by atoms with Gasteiger partial charge in [0, 0.05) is 49.2 Å². The smallest absolute Gasteiger partial charge is 0.321 e. The number of benzene rings is 1. The Labute approximate surface area is 234 Å². The summed E-state index contributed by atoms with van der Waals surface area (Å²) in [6, 6.07) is 5.16. The molecule has 0 saturated carbocycles. The molecule has 1 saturated heterocycles. The maximum atomic E-state index is 12.1. The topological polar surface area (TPSA) is 172 Å². The predicted molar refractivity (Wildman–Crippen MR) is 152 cm³/mol. The Balaban J connectivity index is 1.59. The van der Waals surface area contributed by atoms with Gasteiger partial charge in [0.05, 0.1) is 21.3 Å². The summed E-state index contributed by atoms with van der Waals surface area (Å²) in [4.78, 5) is 49.6. The summed E-state index contributed by atoms with van der Waals surface area (Å²) in [5.74, 6) is 0.248. The number of rotatable bonds is 7. The summed E-state index contributed by atoms with van der Waals surface area (Å²) in [7, 11) is 0. The first kappa shape index (κ1) is 27.3. The van der Waals surface area contributed by atoms with Crippen molar-refractivity contribution in [2.24, 2.45) is 11.1 Å². The molecule has 4 aromatic rings. The Morgan fingerprint density at radius 1 is 1.12 bits per heavy atom. The number of primary amides is 1. The van der Waals surface area contributed by atoms with E-state index in [1.807, 2.05) is 25.1 Å². The summed E-state index contributed by atoms with van der Waals surface area (Å²) in [6.07, 6.45) is 5.04. The van der Waals surface area contributed by atoms with Crippen molar-refractivity contribution in [1.82, 2.24) is 24.9 Å². The maximum Gasteiger partial charge on any atom is 0.321 e. The van der Waals surface area contributed by atoms with Gasteiger partial charge in [-0.3, -0.25) is 9.69 Å². The van der Waals surface area contributed by atoms with Gasteiger partial charge in [0.2, 0.25) is 0 Å². The molecular formula is C27H30N8O4S. The maximum absolute atomic E-state index is 12.1. The lowest BCUT2D eigenvalue weighted by molar-refractivity contribution is -0.149. The molecule has 4 N–H and O–H groups in total. The van der Waals surface area contributed by atoms with Gasteiger partial charge in [0.25, 0.3) is 0 Å². The van der Waals surface area contributed by atoms with Gasteiger partial charge >= 0.3 is 12.0 Å². The van der Waals surface area contributed by atoms with Crippen LogP contribution < -0.4 is 15.5 Å². The van der Waals surface area contributed by atoms with E-state index in [9.17, 15) is 19.8 Å². The van der Waals surface area contributed by atoms with Gasteiger partial charge in [-0.05, 0) is 51.3 Å². The largest absolute Gasteiger partial charge is 0.481 e. The van der Waals surface area contributed by atoms with Crippen LogP contribution in [0.25, 0.3) is 32.6 Å². The lowest BCUT2D eigenvalue weighted by Gasteiger charge is -2.37. The quantitative estimate of drug-likeness (QED) is 0.300. The average molecular weight is 563 g/mol. The van der Waals surface area contributed by atoms with Crippen molar-refractivity contribution in [1.29, 1.82) is 0 Å². The predicted octanol–water partition coefficient (Wildman–Crippen LogP) is 3.86. The molecule has 208 valence electrons. The molecule has 13 heteroatoms. The van der Waals surface area contributed by atoms with E-state index in [1.165, 1.54) is 22.6 Å². The van der Waals surface area contributed by atoms with Crippen LogP contribution >= 0.6 is 11.3 Å². The third kappa shape index (κ3) is 5.17. The molecule has 0 spiro atoms. The molecule has 1 aliphatic rings. The van der Waals surface area contributed by atoms with Crippen molar-refractivity contribution in [3.05, 3.63) is 42.7 Å². The fourth-order valence-electron chi connectivity index (χ4n) is 4.69. The van der Waals surface area contributed by atoms with E-state index in [2.05, 4.69) is 24.8 Å². The molecule has 4 heterocycles. The van der Waals surface area contributed by atoms with Gasteiger partial charge in [0.15, 0.2) is 11.0 Å². The summed E-state index contributed by atoms with van der Waals surface area (Å²) in [6.45, 7) is 6.71.